The van der Waals surface area contributed by atoms with E-state index in [1.807, 2.05) is 31.2 Å². The summed E-state index contributed by atoms with van der Waals surface area (Å²) in [6.07, 6.45) is 1.74. The number of rotatable bonds is 2. The Morgan fingerprint density at radius 3 is 3.00 bits per heavy atom. The summed E-state index contributed by atoms with van der Waals surface area (Å²) in [5, 5.41) is 7.45. The molecule has 0 saturated heterocycles. The minimum absolute atomic E-state index is 0.103. The molecule has 0 amide bonds. The van der Waals surface area contributed by atoms with Crippen molar-refractivity contribution in [2.75, 3.05) is 11.9 Å². The highest BCUT2D eigenvalue weighted by Crippen LogP contribution is 2.35. The van der Waals surface area contributed by atoms with Crippen molar-refractivity contribution < 1.29 is 4.52 Å². The second-order valence-corrected chi connectivity index (χ2v) is 5.15. The minimum Gasteiger partial charge on any atom is -0.384 e. The molecule has 0 aliphatic carbocycles. The van der Waals surface area contributed by atoms with Crippen LogP contribution in [-0.4, -0.2) is 21.7 Å². The maximum Gasteiger partial charge on any atom is 0.236 e. The molecule has 2 aromatic heterocycles. The first kappa shape index (κ1) is 12.1. The Hall–Kier alpha value is -2.69. The van der Waals surface area contributed by atoms with Crippen molar-refractivity contribution in [3.8, 4) is 11.5 Å². The van der Waals surface area contributed by atoms with Gasteiger partial charge < -0.3 is 9.84 Å². The van der Waals surface area contributed by atoms with Gasteiger partial charge in [0.1, 0.15) is 5.69 Å². The molecular formula is C16H14N4O. The number of pyridine rings is 1. The first-order valence-corrected chi connectivity index (χ1v) is 6.91. The molecule has 0 bridgehead atoms. The van der Waals surface area contributed by atoms with Crippen molar-refractivity contribution in [2.45, 2.75) is 12.8 Å². The Bertz CT molecular complexity index is 796. The Balaban J connectivity index is 1.72. The van der Waals surface area contributed by atoms with Gasteiger partial charge in [0.15, 0.2) is 0 Å². The van der Waals surface area contributed by atoms with Gasteiger partial charge in [-0.05, 0) is 30.2 Å². The fraction of sp³-hybridized carbons (Fsp3) is 0.188. The highest BCUT2D eigenvalue weighted by Gasteiger charge is 2.28. The monoisotopic (exact) mass is 278 g/mol. The first-order valence-electron chi connectivity index (χ1n) is 6.91. The maximum atomic E-state index is 5.47. The summed E-state index contributed by atoms with van der Waals surface area (Å²) in [6.45, 7) is 2.77. The predicted octanol–water partition coefficient (Wildman–Crippen LogP) is 3.00. The molecule has 0 radical (unpaired) electrons. The average Bonchev–Trinajstić information content (AvgIpc) is 3.14. The smallest absolute Gasteiger partial charge is 0.236 e. The highest BCUT2D eigenvalue weighted by atomic mass is 16.5. The zero-order valence-corrected chi connectivity index (χ0v) is 11.6. The molecule has 0 fully saturated rings. The van der Waals surface area contributed by atoms with Crippen LogP contribution in [0.25, 0.3) is 11.5 Å². The molecule has 1 aliphatic rings. The topological polar surface area (TPSA) is 63.8 Å². The van der Waals surface area contributed by atoms with Crippen molar-refractivity contribution in [3.63, 3.8) is 0 Å². The standard InChI is InChI=1S/C16H14N4O/c1-10-5-4-8-17-14(10)15-19-16(21-20-15)12-9-18-13-7-3-2-6-11(12)13/h2-8,12,18H,9H2,1H3. The molecule has 21 heavy (non-hydrogen) atoms. The van der Waals surface area contributed by atoms with Gasteiger partial charge in [0.25, 0.3) is 0 Å². The van der Waals surface area contributed by atoms with Crippen LogP contribution in [0.15, 0.2) is 47.1 Å². The average molecular weight is 278 g/mol. The number of hydrogen-bond donors (Lipinski definition) is 1. The Morgan fingerprint density at radius 1 is 1.19 bits per heavy atom. The van der Waals surface area contributed by atoms with Gasteiger partial charge in [-0.3, -0.25) is 4.98 Å². The van der Waals surface area contributed by atoms with E-state index in [9.17, 15) is 0 Å². The Labute approximate surface area is 122 Å². The molecule has 1 aliphatic heterocycles. The van der Waals surface area contributed by atoms with Crippen molar-refractivity contribution in [2.24, 2.45) is 0 Å². The fourth-order valence-corrected chi connectivity index (χ4v) is 2.70. The van der Waals surface area contributed by atoms with Gasteiger partial charge in [-0.2, -0.15) is 4.98 Å². The van der Waals surface area contributed by atoms with Crippen LogP contribution in [0.5, 0.6) is 0 Å². The largest absolute Gasteiger partial charge is 0.384 e. The van der Waals surface area contributed by atoms with Gasteiger partial charge in [-0.1, -0.05) is 29.4 Å². The summed E-state index contributed by atoms with van der Waals surface area (Å²) in [7, 11) is 0. The molecule has 1 atom stereocenters. The molecule has 0 saturated carbocycles. The van der Waals surface area contributed by atoms with E-state index in [4.69, 9.17) is 4.52 Å². The summed E-state index contributed by atoms with van der Waals surface area (Å²) < 4.78 is 5.47. The molecule has 5 heteroatoms. The van der Waals surface area contributed by atoms with Gasteiger partial charge in [0.2, 0.25) is 11.7 Å². The molecule has 3 heterocycles. The number of para-hydroxylation sites is 1. The highest BCUT2D eigenvalue weighted by molar-refractivity contribution is 5.60. The van der Waals surface area contributed by atoms with Crippen molar-refractivity contribution in [1.82, 2.24) is 15.1 Å². The van der Waals surface area contributed by atoms with Crippen molar-refractivity contribution >= 4 is 5.69 Å². The van der Waals surface area contributed by atoms with Crippen molar-refractivity contribution in [3.05, 3.63) is 59.6 Å². The van der Waals surface area contributed by atoms with Gasteiger partial charge in [-0.25, -0.2) is 0 Å². The van der Waals surface area contributed by atoms with Crippen LogP contribution in [0.3, 0.4) is 0 Å². The van der Waals surface area contributed by atoms with Crippen molar-refractivity contribution in [1.29, 1.82) is 0 Å². The number of fused-ring (bicyclic) bond motifs is 1. The Morgan fingerprint density at radius 2 is 2.10 bits per heavy atom. The number of anilines is 1. The SMILES string of the molecule is Cc1cccnc1-c1noc(C2CNc3ccccc32)n1. The molecule has 4 rings (SSSR count). The normalized spacial score (nSPS) is 16.5. The molecule has 5 nitrogen and oxygen atoms in total. The third kappa shape index (κ3) is 1.98. The maximum absolute atomic E-state index is 5.47. The summed E-state index contributed by atoms with van der Waals surface area (Å²) in [5.74, 6) is 1.28. The van der Waals surface area contributed by atoms with E-state index in [1.165, 1.54) is 5.56 Å². The Kier molecular flexibility index (Phi) is 2.70. The van der Waals surface area contributed by atoms with Gasteiger partial charge >= 0.3 is 0 Å². The zero-order valence-electron chi connectivity index (χ0n) is 11.6. The zero-order chi connectivity index (χ0) is 14.2. The lowest BCUT2D eigenvalue weighted by atomic mass is 10.0. The van der Waals surface area contributed by atoms with Gasteiger partial charge in [-0.15, -0.1) is 0 Å². The van der Waals surface area contributed by atoms with Crippen LogP contribution < -0.4 is 5.32 Å². The third-order valence-corrected chi connectivity index (χ3v) is 3.79. The third-order valence-electron chi connectivity index (χ3n) is 3.79. The van der Waals surface area contributed by atoms with E-state index in [1.54, 1.807) is 6.20 Å². The first-order chi connectivity index (χ1) is 10.3. The molecule has 1 N–H and O–H groups in total. The molecule has 3 aromatic rings. The second-order valence-electron chi connectivity index (χ2n) is 5.15. The summed E-state index contributed by atoms with van der Waals surface area (Å²) >= 11 is 0. The lowest BCUT2D eigenvalue weighted by molar-refractivity contribution is 0.370. The number of aromatic nitrogens is 3. The van der Waals surface area contributed by atoms with E-state index in [0.717, 1.165) is 23.5 Å². The van der Waals surface area contributed by atoms with E-state index in [2.05, 4.69) is 32.6 Å². The molecule has 104 valence electrons. The number of aryl methyl sites for hydroxylation is 1. The van der Waals surface area contributed by atoms with E-state index in [-0.39, 0.29) is 5.92 Å². The lowest BCUT2D eigenvalue weighted by Gasteiger charge is -2.03. The lowest BCUT2D eigenvalue weighted by Crippen LogP contribution is -2.04. The number of hydrogen-bond acceptors (Lipinski definition) is 5. The van der Waals surface area contributed by atoms with Gasteiger partial charge in [0.05, 0.1) is 5.92 Å². The predicted molar refractivity (Wildman–Crippen MR) is 79.0 cm³/mol. The molecule has 1 aromatic carbocycles. The van der Waals surface area contributed by atoms with Crippen LogP contribution in [0, 0.1) is 6.92 Å². The van der Waals surface area contributed by atoms with E-state index < -0.39 is 0 Å². The fourth-order valence-electron chi connectivity index (χ4n) is 2.70. The molecule has 0 spiro atoms. The number of nitrogens with one attached hydrogen (secondary N) is 1. The number of nitrogens with zero attached hydrogens (tertiary/aromatic N) is 3. The summed E-state index contributed by atoms with van der Waals surface area (Å²) in [5.41, 5.74) is 4.14. The van der Waals surface area contributed by atoms with Crippen LogP contribution in [0.1, 0.15) is 22.9 Å². The summed E-state index contributed by atoms with van der Waals surface area (Å²) in [6, 6.07) is 12.1. The van der Waals surface area contributed by atoms with Crippen LogP contribution in [0.4, 0.5) is 5.69 Å². The van der Waals surface area contributed by atoms with Crippen LogP contribution >= 0.6 is 0 Å². The van der Waals surface area contributed by atoms with E-state index in [0.29, 0.717) is 11.7 Å². The van der Waals surface area contributed by atoms with Gasteiger partial charge in [0, 0.05) is 18.4 Å². The molecular weight excluding hydrogens is 264 g/mol. The second kappa shape index (κ2) is 4.70. The van der Waals surface area contributed by atoms with E-state index >= 15 is 0 Å². The summed E-state index contributed by atoms with van der Waals surface area (Å²) in [4.78, 5) is 8.87. The molecule has 1 unspecified atom stereocenters. The van der Waals surface area contributed by atoms with Crippen LogP contribution in [-0.2, 0) is 0 Å². The minimum atomic E-state index is 0.103. The quantitative estimate of drug-likeness (QED) is 0.780. The van der Waals surface area contributed by atoms with Crippen LogP contribution in [0.2, 0.25) is 0 Å². The number of benzene rings is 1.